The Morgan fingerprint density at radius 3 is 2.62 bits per heavy atom. The third kappa shape index (κ3) is 3.69. The van der Waals surface area contributed by atoms with Crippen LogP contribution in [0.2, 0.25) is 0 Å². The molecule has 6 heteroatoms. The van der Waals surface area contributed by atoms with E-state index in [4.69, 9.17) is 4.98 Å². The number of aryl methyl sites for hydroxylation is 1. The van der Waals surface area contributed by atoms with Gasteiger partial charge in [0.05, 0.1) is 6.54 Å². The molecule has 0 fully saturated rings. The molecule has 0 bridgehead atoms. The summed E-state index contributed by atoms with van der Waals surface area (Å²) in [6.45, 7) is 5.84. The predicted molar refractivity (Wildman–Crippen MR) is 96.1 cm³/mol. The number of fused-ring (bicyclic) bond motifs is 1. The van der Waals surface area contributed by atoms with Crippen molar-refractivity contribution < 1.29 is 0 Å². The molecule has 0 saturated heterocycles. The Hall–Kier alpha value is -2.50. The van der Waals surface area contributed by atoms with Crippen LogP contribution in [0.1, 0.15) is 44.5 Å². The molecule has 0 aliphatic carbocycles. The first-order chi connectivity index (χ1) is 11.8. The number of benzene rings is 1. The van der Waals surface area contributed by atoms with Crippen molar-refractivity contribution in [1.29, 1.82) is 0 Å². The predicted octanol–water partition coefficient (Wildman–Crippen LogP) is 3.43. The zero-order chi connectivity index (χ0) is 16.8. The van der Waals surface area contributed by atoms with Crippen molar-refractivity contribution in [2.75, 3.05) is 11.9 Å². The number of nitrogens with one attached hydrogen (secondary N) is 1. The van der Waals surface area contributed by atoms with E-state index < -0.39 is 0 Å². The molecule has 6 nitrogen and oxygen atoms in total. The molecule has 2 aromatic heterocycles. The van der Waals surface area contributed by atoms with Gasteiger partial charge in [-0.15, -0.1) is 5.10 Å². The van der Waals surface area contributed by atoms with Crippen molar-refractivity contribution in [2.24, 2.45) is 0 Å². The summed E-state index contributed by atoms with van der Waals surface area (Å²) in [5.41, 5.74) is 2.74. The van der Waals surface area contributed by atoms with E-state index in [1.807, 2.05) is 22.9 Å². The van der Waals surface area contributed by atoms with Gasteiger partial charge in [0.2, 0.25) is 0 Å². The van der Waals surface area contributed by atoms with Crippen molar-refractivity contribution in [3.63, 3.8) is 0 Å². The normalized spacial score (nSPS) is 11.1. The summed E-state index contributed by atoms with van der Waals surface area (Å²) in [6.07, 6.45) is 4.12. The molecule has 0 amide bonds. The van der Waals surface area contributed by atoms with Gasteiger partial charge in [-0.25, -0.2) is 14.6 Å². The quantitative estimate of drug-likeness (QED) is 0.687. The molecule has 2 heterocycles. The highest BCUT2D eigenvalue weighted by atomic mass is 15.4. The smallest absolute Gasteiger partial charge is 0.184 e. The van der Waals surface area contributed by atoms with Crippen LogP contribution in [0, 0.1) is 0 Å². The SMILES string of the molecule is CCCCc1nc(NCCC)c2nnn(Cc3ccccc3)c2n1. The number of nitrogens with zero attached hydrogens (tertiary/aromatic N) is 5. The van der Waals surface area contributed by atoms with Gasteiger partial charge in [0, 0.05) is 13.0 Å². The average molecular weight is 324 g/mol. The minimum absolute atomic E-state index is 0.661. The largest absolute Gasteiger partial charge is 0.368 e. The van der Waals surface area contributed by atoms with E-state index in [2.05, 4.69) is 46.6 Å². The summed E-state index contributed by atoms with van der Waals surface area (Å²) in [5.74, 6) is 1.66. The van der Waals surface area contributed by atoms with Gasteiger partial charge in [-0.2, -0.15) is 0 Å². The van der Waals surface area contributed by atoms with Crippen molar-refractivity contribution in [1.82, 2.24) is 25.0 Å². The summed E-state index contributed by atoms with van der Waals surface area (Å²) in [4.78, 5) is 9.38. The maximum atomic E-state index is 4.72. The summed E-state index contributed by atoms with van der Waals surface area (Å²) in [6, 6.07) is 10.3. The molecule has 0 aliphatic heterocycles. The third-order valence-electron chi connectivity index (χ3n) is 3.88. The summed E-state index contributed by atoms with van der Waals surface area (Å²) >= 11 is 0. The van der Waals surface area contributed by atoms with Crippen LogP contribution in [0.3, 0.4) is 0 Å². The average Bonchev–Trinajstić information content (AvgIpc) is 3.02. The standard InChI is InChI=1S/C18H24N6/c1-3-5-11-15-20-17(19-12-4-2)16-18(21-15)24(23-22-16)13-14-9-7-6-8-10-14/h6-10H,3-5,11-13H2,1-2H3,(H,19,20,21). The number of hydrogen-bond donors (Lipinski definition) is 1. The molecular weight excluding hydrogens is 300 g/mol. The van der Waals surface area contributed by atoms with Gasteiger partial charge in [-0.1, -0.05) is 55.8 Å². The van der Waals surface area contributed by atoms with E-state index in [9.17, 15) is 0 Å². The van der Waals surface area contributed by atoms with Crippen molar-refractivity contribution in [3.8, 4) is 0 Å². The van der Waals surface area contributed by atoms with E-state index in [0.29, 0.717) is 6.54 Å². The lowest BCUT2D eigenvalue weighted by Gasteiger charge is -2.08. The molecule has 3 rings (SSSR count). The fourth-order valence-corrected chi connectivity index (χ4v) is 2.58. The third-order valence-corrected chi connectivity index (χ3v) is 3.88. The van der Waals surface area contributed by atoms with Crippen molar-refractivity contribution in [3.05, 3.63) is 41.7 Å². The molecule has 126 valence electrons. The second-order valence-corrected chi connectivity index (χ2v) is 5.92. The second kappa shape index (κ2) is 7.86. The Morgan fingerprint density at radius 1 is 1.04 bits per heavy atom. The first-order valence-electron chi connectivity index (χ1n) is 8.69. The lowest BCUT2D eigenvalue weighted by Crippen LogP contribution is -2.08. The van der Waals surface area contributed by atoms with Gasteiger partial charge in [-0.05, 0) is 18.4 Å². The number of aromatic nitrogens is 5. The van der Waals surface area contributed by atoms with Crippen LogP contribution < -0.4 is 5.32 Å². The van der Waals surface area contributed by atoms with Gasteiger partial charge in [0.1, 0.15) is 5.82 Å². The lowest BCUT2D eigenvalue weighted by molar-refractivity contribution is 0.661. The first-order valence-corrected chi connectivity index (χ1v) is 8.69. The minimum Gasteiger partial charge on any atom is -0.368 e. The zero-order valence-electron chi connectivity index (χ0n) is 14.4. The zero-order valence-corrected chi connectivity index (χ0v) is 14.4. The van der Waals surface area contributed by atoms with Gasteiger partial charge >= 0.3 is 0 Å². The van der Waals surface area contributed by atoms with Crippen LogP contribution in [0.15, 0.2) is 30.3 Å². The highest BCUT2D eigenvalue weighted by Gasteiger charge is 2.14. The van der Waals surface area contributed by atoms with Gasteiger partial charge < -0.3 is 5.32 Å². The molecule has 1 N–H and O–H groups in total. The van der Waals surface area contributed by atoms with Crippen LogP contribution in [0.5, 0.6) is 0 Å². The maximum Gasteiger partial charge on any atom is 0.184 e. The lowest BCUT2D eigenvalue weighted by atomic mass is 10.2. The van der Waals surface area contributed by atoms with Gasteiger partial charge in [0.25, 0.3) is 0 Å². The molecule has 0 saturated carbocycles. The Labute approximate surface area is 142 Å². The molecule has 1 aromatic carbocycles. The van der Waals surface area contributed by atoms with E-state index in [-0.39, 0.29) is 0 Å². The van der Waals surface area contributed by atoms with Crippen LogP contribution >= 0.6 is 0 Å². The fourth-order valence-electron chi connectivity index (χ4n) is 2.58. The molecule has 0 aliphatic rings. The molecule has 0 spiro atoms. The van der Waals surface area contributed by atoms with Gasteiger partial charge in [0.15, 0.2) is 17.0 Å². The van der Waals surface area contributed by atoms with E-state index >= 15 is 0 Å². The van der Waals surface area contributed by atoms with Crippen LogP contribution in [0.25, 0.3) is 11.2 Å². The molecule has 0 unspecified atom stereocenters. The minimum atomic E-state index is 0.661. The van der Waals surface area contributed by atoms with Crippen LogP contribution in [-0.2, 0) is 13.0 Å². The number of hydrogen-bond acceptors (Lipinski definition) is 5. The molecule has 3 aromatic rings. The monoisotopic (exact) mass is 324 g/mol. The molecule has 24 heavy (non-hydrogen) atoms. The number of unbranched alkanes of at least 4 members (excludes halogenated alkanes) is 1. The Bertz CT molecular complexity index is 781. The van der Waals surface area contributed by atoms with Crippen molar-refractivity contribution >= 4 is 17.0 Å². The highest BCUT2D eigenvalue weighted by molar-refractivity contribution is 5.82. The highest BCUT2D eigenvalue weighted by Crippen LogP contribution is 2.19. The number of anilines is 1. The second-order valence-electron chi connectivity index (χ2n) is 5.92. The topological polar surface area (TPSA) is 68.5 Å². The van der Waals surface area contributed by atoms with E-state index in [0.717, 1.165) is 55.0 Å². The molecule has 0 atom stereocenters. The summed E-state index contributed by atoms with van der Waals surface area (Å²) < 4.78 is 1.86. The maximum absolute atomic E-state index is 4.72. The van der Waals surface area contributed by atoms with E-state index in [1.54, 1.807) is 0 Å². The van der Waals surface area contributed by atoms with Crippen molar-refractivity contribution in [2.45, 2.75) is 46.1 Å². The summed E-state index contributed by atoms with van der Waals surface area (Å²) in [7, 11) is 0. The number of rotatable bonds is 8. The molecule has 0 radical (unpaired) electrons. The van der Waals surface area contributed by atoms with E-state index in [1.165, 1.54) is 5.56 Å². The van der Waals surface area contributed by atoms with Crippen LogP contribution in [0.4, 0.5) is 5.82 Å². The fraction of sp³-hybridized carbons (Fsp3) is 0.444. The Kier molecular flexibility index (Phi) is 5.36. The Balaban J connectivity index is 1.97. The van der Waals surface area contributed by atoms with Crippen LogP contribution in [-0.4, -0.2) is 31.5 Å². The van der Waals surface area contributed by atoms with Gasteiger partial charge in [-0.3, -0.25) is 0 Å². The summed E-state index contributed by atoms with van der Waals surface area (Å²) in [5, 5.41) is 12.0. The molecular formula is C18H24N6. The Morgan fingerprint density at radius 2 is 1.88 bits per heavy atom. The first kappa shape index (κ1) is 16.4.